The molecule has 19 heavy (non-hydrogen) atoms. The second-order valence-electron chi connectivity index (χ2n) is 4.30. The lowest BCUT2D eigenvalue weighted by atomic mass is 10.2. The first kappa shape index (κ1) is 15.3. The highest BCUT2D eigenvalue weighted by Gasteiger charge is 2.25. The number of piperazine rings is 1. The fourth-order valence-corrected chi connectivity index (χ4v) is 1.87. The van der Waals surface area contributed by atoms with Gasteiger partial charge in [0.25, 0.3) is 0 Å². The number of carbonyl (C=O) groups is 2. The summed E-state index contributed by atoms with van der Waals surface area (Å²) in [5.74, 6) is 1.10. The fourth-order valence-electron chi connectivity index (χ4n) is 1.87. The molecule has 0 aliphatic carbocycles. The van der Waals surface area contributed by atoms with Crippen molar-refractivity contribution in [3.63, 3.8) is 0 Å². The van der Waals surface area contributed by atoms with Gasteiger partial charge in [0.15, 0.2) is 0 Å². The van der Waals surface area contributed by atoms with Gasteiger partial charge in [-0.05, 0) is 0 Å². The Morgan fingerprint density at radius 2 is 1.95 bits per heavy atom. The summed E-state index contributed by atoms with van der Waals surface area (Å²) in [5.41, 5.74) is 0. The summed E-state index contributed by atoms with van der Waals surface area (Å²) in [6, 6.07) is -1.46. The zero-order chi connectivity index (χ0) is 14.3. The minimum Gasteiger partial charge on any atom is -0.480 e. The van der Waals surface area contributed by atoms with Crippen LogP contribution >= 0.6 is 0 Å². The molecule has 2 amide bonds. The third-order valence-electron chi connectivity index (χ3n) is 2.99. The number of hydrogen-bond donors (Lipinski definition) is 3. The molecule has 1 unspecified atom stereocenters. The molecule has 1 aliphatic rings. The van der Waals surface area contributed by atoms with Crippen LogP contribution in [-0.4, -0.2) is 77.4 Å². The van der Waals surface area contributed by atoms with Gasteiger partial charge in [-0.15, -0.1) is 12.3 Å². The minimum absolute atomic E-state index is 0.0362. The van der Waals surface area contributed by atoms with Gasteiger partial charge < -0.3 is 20.4 Å². The zero-order valence-corrected chi connectivity index (χ0v) is 10.7. The van der Waals surface area contributed by atoms with Crippen LogP contribution in [0.2, 0.25) is 0 Å². The van der Waals surface area contributed by atoms with E-state index in [1.807, 2.05) is 4.90 Å². The van der Waals surface area contributed by atoms with E-state index in [-0.39, 0.29) is 13.0 Å². The number of β-amino-alcohol motifs (C(OH)–C–C–N with tert-alkyl or cyclic N) is 1. The molecule has 106 valence electrons. The average molecular weight is 269 g/mol. The first-order valence-corrected chi connectivity index (χ1v) is 6.13. The molecule has 0 aromatic heterocycles. The molecule has 7 nitrogen and oxygen atoms in total. The first-order chi connectivity index (χ1) is 9.08. The van der Waals surface area contributed by atoms with Gasteiger partial charge in [0, 0.05) is 39.1 Å². The Morgan fingerprint density at radius 1 is 1.32 bits per heavy atom. The first-order valence-electron chi connectivity index (χ1n) is 6.13. The Hall–Kier alpha value is -1.78. The van der Waals surface area contributed by atoms with E-state index in [0.717, 1.165) is 0 Å². The van der Waals surface area contributed by atoms with Gasteiger partial charge in [0.1, 0.15) is 6.04 Å². The van der Waals surface area contributed by atoms with Crippen molar-refractivity contribution < 1.29 is 19.8 Å². The van der Waals surface area contributed by atoms with E-state index in [1.54, 1.807) is 4.90 Å². The molecule has 1 rings (SSSR count). The Labute approximate surface area is 112 Å². The Balaban J connectivity index is 2.42. The lowest BCUT2D eigenvalue weighted by molar-refractivity contribution is -0.139. The van der Waals surface area contributed by atoms with Crippen LogP contribution in [0.25, 0.3) is 0 Å². The second kappa shape index (κ2) is 7.61. The number of amides is 2. The number of urea groups is 1. The summed E-state index contributed by atoms with van der Waals surface area (Å²) in [7, 11) is 0. The van der Waals surface area contributed by atoms with E-state index >= 15 is 0 Å². The zero-order valence-electron chi connectivity index (χ0n) is 10.7. The highest BCUT2D eigenvalue weighted by atomic mass is 16.4. The number of aliphatic carboxylic acids is 1. The van der Waals surface area contributed by atoms with E-state index in [4.69, 9.17) is 16.6 Å². The van der Waals surface area contributed by atoms with Crippen LogP contribution in [0.1, 0.15) is 6.42 Å². The maximum absolute atomic E-state index is 11.9. The van der Waals surface area contributed by atoms with Crippen LogP contribution in [0, 0.1) is 12.3 Å². The monoisotopic (exact) mass is 269 g/mol. The highest BCUT2D eigenvalue weighted by Crippen LogP contribution is 2.02. The van der Waals surface area contributed by atoms with Crippen molar-refractivity contribution in [2.75, 3.05) is 39.3 Å². The maximum atomic E-state index is 11.9. The Kier molecular flexibility index (Phi) is 6.12. The van der Waals surface area contributed by atoms with Gasteiger partial charge in [0.05, 0.1) is 6.61 Å². The third kappa shape index (κ3) is 4.77. The number of nitrogens with zero attached hydrogens (tertiary/aromatic N) is 2. The molecule has 1 atom stereocenters. The largest absolute Gasteiger partial charge is 0.480 e. The number of carboxylic acids is 1. The molecule has 1 heterocycles. The summed E-state index contributed by atoms with van der Waals surface area (Å²) < 4.78 is 0. The standard InChI is InChI=1S/C12H19N3O4/c1-2-3-10(11(17)18)13-12(19)15-6-4-14(5-7-15)8-9-16/h1,10,16H,3-9H2,(H,13,19)(H,17,18). The van der Waals surface area contributed by atoms with Crippen LogP contribution in [0.3, 0.4) is 0 Å². The number of carboxylic acid groups (broad SMARTS) is 1. The van der Waals surface area contributed by atoms with Crippen molar-refractivity contribution in [2.45, 2.75) is 12.5 Å². The fraction of sp³-hybridized carbons (Fsp3) is 0.667. The molecule has 0 aromatic carbocycles. The van der Waals surface area contributed by atoms with Gasteiger partial charge in [-0.25, -0.2) is 9.59 Å². The van der Waals surface area contributed by atoms with Crippen LogP contribution in [0.4, 0.5) is 4.79 Å². The second-order valence-corrected chi connectivity index (χ2v) is 4.30. The van der Waals surface area contributed by atoms with Crippen molar-refractivity contribution in [1.82, 2.24) is 15.1 Å². The normalized spacial score (nSPS) is 17.6. The maximum Gasteiger partial charge on any atom is 0.327 e. The molecule has 0 radical (unpaired) electrons. The predicted molar refractivity (Wildman–Crippen MR) is 68.5 cm³/mol. The SMILES string of the molecule is C#CCC(NC(=O)N1CCN(CCO)CC1)C(=O)O. The summed E-state index contributed by atoms with van der Waals surface area (Å²) in [4.78, 5) is 26.3. The number of hydrogen-bond acceptors (Lipinski definition) is 4. The molecule has 0 aromatic rings. The average Bonchev–Trinajstić information content (AvgIpc) is 2.39. The van der Waals surface area contributed by atoms with Crippen molar-refractivity contribution >= 4 is 12.0 Å². The Morgan fingerprint density at radius 3 is 2.42 bits per heavy atom. The number of rotatable bonds is 5. The van der Waals surface area contributed by atoms with Crippen LogP contribution in [-0.2, 0) is 4.79 Å². The van der Waals surface area contributed by atoms with Crippen molar-refractivity contribution in [3.05, 3.63) is 0 Å². The minimum atomic E-state index is -1.13. The molecular formula is C12H19N3O4. The topological polar surface area (TPSA) is 93.1 Å². The van der Waals surface area contributed by atoms with Crippen molar-refractivity contribution in [1.29, 1.82) is 0 Å². The molecule has 3 N–H and O–H groups in total. The van der Waals surface area contributed by atoms with Gasteiger partial charge in [-0.1, -0.05) is 0 Å². The van der Waals surface area contributed by atoms with Crippen molar-refractivity contribution in [2.24, 2.45) is 0 Å². The number of carbonyl (C=O) groups excluding carboxylic acids is 1. The van der Waals surface area contributed by atoms with E-state index in [1.165, 1.54) is 0 Å². The summed E-state index contributed by atoms with van der Waals surface area (Å²) in [5, 5.41) is 20.1. The number of aliphatic hydroxyl groups is 1. The summed E-state index contributed by atoms with van der Waals surface area (Å²) >= 11 is 0. The molecule has 1 fully saturated rings. The third-order valence-corrected chi connectivity index (χ3v) is 2.99. The van der Waals surface area contributed by atoms with Gasteiger partial charge in [-0.3, -0.25) is 4.90 Å². The lowest BCUT2D eigenvalue weighted by Crippen LogP contribution is -2.54. The molecule has 1 aliphatic heterocycles. The van der Waals surface area contributed by atoms with Gasteiger partial charge >= 0.3 is 12.0 Å². The highest BCUT2D eigenvalue weighted by molar-refractivity contribution is 5.82. The molecule has 0 saturated carbocycles. The van der Waals surface area contributed by atoms with Gasteiger partial charge in [-0.2, -0.15) is 0 Å². The Bertz CT molecular complexity index is 358. The lowest BCUT2D eigenvalue weighted by Gasteiger charge is -2.34. The molecule has 7 heteroatoms. The van der Waals surface area contributed by atoms with E-state index in [2.05, 4.69) is 11.2 Å². The number of nitrogens with one attached hydrogen (secondary N) is 1. The summed E-state index contributed by atoms with van der Waals surface area (Å²) in [6.07, 6.45) is 5.03. The molecule has 0 bridgehead atoms. The van der Waals surface area contributed by atoms with Crippen LogP contribution in [0.15, 0.2) is 0 Å². The van der Waals surface area contributed by atoms with E-state index < -0.39 is 18.0 Å². The molecule has 1 saturated heterocycles. The van der Waals surface area contributed by atoms with E-state index in [9.17, 15) is 9.59 Å². The molecule has 0 spiro atoms. The van der Waals surface area contributed by atoms with Crippen molar-refractivity contribution in [3.8, 4) is 12.3 Å². The van der Waals surface area contributed by atoms with E-state index in [0.29, 0.717) is 32.7 Å². The number of terminal acetylenes is 1. The smallest absolute Gasteiger partial charge is 0.327 e. The van der Waals surface area contributed by atoms with Crippen LogP contribution < -0.4 is 5.32 Å². The quantitative estimate of drug-likeness (QED) is 0.544. The van der Waals surface area contributed by atoms with Crippen LogP contribution in [0.5, 0.6) is 0 Å². The summed E-state index contributed by atoms with van der Waals surface area (Å²) in [6.45, 7) is 3.03. The molecular weight excluding hydrogens is 250 g/mol. The predicted octanol–water partition coefficient (Wildman–Crippen LogP) is -1.22. The van der Waals surface area contributed by atoms with Gasteiger partial charge in [0.2, 0.25) is 0 Å². The number of aliphatic hydroxyl groups excluding tert-OH is 1.